The van der Waals surface area contributed by atoms with Crippen molar-refractivity contribution in [3.8, 4) is 5.75 Å². The number of nitrogens with two attached hydrogens (primary N) is 1. The molecule has 5 nitrogen and oxygen atoms in total. The lowest BCUT2D eigenvalue weighted by Gasteiger charge is -2.32. The highest BCUT2D eigenvalue weighted by molar-refractivity contribution is 5.27. The van der Waals surface area contributed by atoms with Crippen LogP contribution < -0.4 is 10.5 Å². The van der Waals surface area contributed by atoms with Gasteiger partial charge in [0, 0.05) is 32.8 Å². The van der Waals surface area contributed by atoms with Gasteiger partial charge in [-0.2, -0.15) is 0 Å². The summed E-state index contributed by atoms with van der Waals surface area (Å²) in [5.41, 5.74) is 6.98. The third-order valence-electron chi connectivity index (χ3n) is 4.28. The summed E-state index contributed by atoms with van der Waals surface area (Å²) in [5, 5.41) is 0. The van der Waals surface area contributed by atoms with Gasteiger partial charge in [-0.3, -0.25) is 4.90 Å². The molecule has 1 aromatic carbocycles. The Balaban J connectivity index is 1.46. The van der Waals surface area contributed by atoms with Crippen LogP contribution in [-0.2, 0) is 16.0 Å². The van der Waals surface area contributed by atoms with Crippen molar-refractivity contribution in [2.24, 2.45) is 5.73 Å². The van der Waals surface area contributed by atoms with Crippen LogP contribution in [0.2, 0.25) is 0 Å². The second-order valence-corrected chi connectivity index (χ2v) is 6.05. The van der Waals surface area contributed by atoms with Crippen molar-refractivity contribution in [3.63, 3.8) is 0 Å². The summed E-state index contributed by atoms with van der Waals surface area (Å²) in [4.78, 5) is 2.39. The van der Waals surface area contributed by atoms with Crippen LogP contribution >= 0.6 is 0 Å². The van der Waals surface area contributed by atoms with Gasteiger partial charge in [0.1, 0.15) is 12.4 Å². The number of hydrogen-bond donors (Lipinski definition) is 1. The molecule has 0 radical (unpaired) electrons. The Hall–Kier alpha value is -1.14. The van der Waals surface area contributed by atoms with Gasteiger partial charge < -0.3 is 19.9 Å². The monoisotopic (exact) mass is 306 g/mol. The molecule has 5 heteroatoms. The number of benzene rings is 1. The van der Waals surface area contributed by atoms with Crippen LogP contribution in [0.3, 0.4) is 0 Å². The van der Waals surface area contributed by atoms with E-state index in [1.165, 1.54) is 5.56 Å². The predicted molar refractivity (Wildman–Crippen MR) is 85.0 cm³/mol. The van der Waals surface area contributed by atoms with Crippen LogP contribution in [-0.4, -0.2) is 56.6 Å². The Morgan fingerprint density at radius 2 is 1.95 bits per heavy atom. The fourth-order valence-corrected chi connectivity index (χ4v) is 2.98. The van der Waals surface area contributed by atoms with E-state index in [1.54, 1.807) is 0 Å². The lowest BCUT2D eigenvalue weighted by molar-refractivity contribution is -0.0260. The van der Waals surface area contributed by atoms with E-state index >= 15 is 0 Å². The van der Waals surface area contributed by atoms with Crippen LogP contribution in [0, 0.1) is 0 Å². The zero-order valence-corrected chi connectivity index (χ0v) is 13.1. The third-order valence-corrected chi connectivity index (χ3v) is 4.28. The van der Waals surface area contributed by atoms with Gasteiger partial charge in [0.2, 0.25) is 0 Å². The van der Waals surface area contributed by atoms with E-state index in [9.17, 15) is 0 Å². The largest absolute Gasteiger partial charge is 0.491 e. The molecule has 22 heavy (non-hydrogen) atoms. The molecular formula is C17H26N2O3. The highest BCUT2D eigenvalue weighted by Crippen LogP contribution is 2.18. The molecule has 0 aromatic heterocycles. The fraction of sp³-hybridized carbons (Fsp3) is 0.647. The fourth-order valence-electron chi connectivity index (χ4n) is 2.98. The smallest absolute Gasteiger partial charge is 0.119 e. The van der Waals surface area contributed by atoms with Gasteiger partial charge in [-0.15, -0.1) is 0 Å². The Labute approximate surface area is 132 Å². The van der Waals surface area contributed by atoms with Crippen LogP contribution in [0.4, 0.5) is 0 Å². The normalized spacial score (nSPS) is 26.2. The standard InChI is InChI=1S/C17H26N2O3/c18-10-17-12-19(7-9-21-17)11-14-3-5-15(6-4-14)22-13-16-2-1-8-20-16/h3-6,16-17H,1-2,7-13,18H2. The topological polar surface area (TPSA) is 57.0 Å². The first kappa shape index (κ1) is 15.7. The second-order valence-electron chi connectivity index (χ2n) is 6.05. The summed E-state index contributed by atoms with van der Waals surface area (Å²) in [6, 6.07) is 8.37. The Bertz CT molecular complexity index is 446. The Morgan fingerprint density at radius 1 is 1.14 bits per heavy atom. The maximum absolute atomic E-state index is 5.79. The van der Waals surface area contributed by atoms with Gasteiger partial charge in [-0.25, -0.2) is 0 Å². The van der Waals surface area contributed by atoms with E-state index in [1.807, 2.05) is 12.1 Å². The summed E-state index contributed by atoms with van der Waals surface area (Å²) in [6.07, 6.45) is 2.69. The Morgan fingerprint density at radius 3 is 2.68 bits per heavy atom. The van der Waals surface area contributed by atoms with Crippen molar-refractivity contribution in [1.82, 2.24) is 4.90 Å². The molecule has 122 valence electrons. The molecular weight excluding hydrogens is 280 g/mol. The van der Waals surface area contributed by atoms with Crippen molar-refractivity contribution < 1.29 is 14.2 Å². The zero-order valence-electron chi connectivity index (χ0n) is 13.1. The number of morpholine rings is 1. The number of hydrogen-bond acceptors (Lipinski definition) is 5. The Kier molecular flexibility index (Phi) is 5.67. The maximum Gasteiger partial charge on any atom is 0.119 e. The average molecular weight is 306 g/mol. The van der Waals surface area contributed by atoms with Gasteiger partial charge in [0.25, 0.3) is 0 Å². The molecule has 3 rings (SSSR count). The molecule has 2 aliphatic heterocycles. The van der Waals surface area contributed by atoms with Gasteiger partial charge in [-0.05, 0) is 30.5 Å². The molecule has 2 fully saturated rings. The average Bonchev–Trinajstić information content (AvgIpc) is 3.08. The van der Waals surface area contributed by atoms with E-state index in [2.05, 4.69) is 17.0 Å². The van der Waals surface area contributed by atoms with Crippen molar-refractivity contribution in [2.75, 3.05) is 39.5 Å². The predicted octanol–water partition coefficient (Wildman–Crippen LogP) is 1.40. The van der Waals surface area contributed by atoms with Gasteiger partial charge in [0.05, 0.1) is 18.8 Å². The molecule has 0 bridgehead atoms. The summed E-state index contributed by atoms with van der Waals surface area (Å²) >= 11 is 0. The molecule has 0 aliphatic carbocycles. The summed E-state index contributed by atoms with van der Waals surface area (Å²) in [5.74, 6) is 0.918. The molecule has 0 saturated carbocycles. The van der Waals surface area contributed by atoms with Crippen molar-refractivity contribution in [3.05, 3.63) is 29.8 Å². The molecule has 2 N–H and O–H groups in total. The molecule has 1 aromatic rings. The van der Waals surface area contributed by atoms with Crippen LogP contribution in [0.1, 0.15) is 18.4 Å². The van der Waals surface area contributed by atoms with Crippen LogP contribution in [0.5, 0.6) is 5.75 Å². The van der Waals surface area contributed by atoms with Gasteiger partial charge >= 0.3 is 0 Å². The molecule has 0 amide bonds. The highest BCUT2D eigenvalue weighted by atomic mass is 16.5. The minimum Gasteiger partial charge on any atom is -0.491 e. The quantitative estimate of drug-likeness (QED) is 0.861. The first-order valence-corrected chi connectivity index (χ1v) is 8.21. The number of rotatable bonds is 6. The zero-order chi connectivity index (χ0) is 15.2. The second kappa shape index (κ2) is 7.92. The number of ether oxygens (including phenoxy) is 3. The summed E-state index contributed by atoms with van der Waals surface area (Å²) in [6.45, 7) is 5.70. The van der Waals surface area contributed by atoms with Crippen molar-refractivity contribution in [2.45, 2.75) is 31.6 Å². The lowest BCUT2D eigenvalue weighted by Crippen LogP contribution is -2.45. The van der Waals surface area contributed by atoms with Gasteiger partial charge in [0.15, 0.2) is 0 Å². The van der Waals surface area contributed by atoms with E-state index in [4.69, 9.17) is 19.9 Å². The van der Waals surface area contributed by atoms with E-state index in [-0.39, 0.29) is 12.2 Å². The molecule has 2 aliphatic rings. The molecule has 2 atom stereocenters. The summed E-state index contributed by atoms with van der Waals surface area (Å²) in [7, 11) is 0. The third kappa shape index (κ3) is 4.43. The minimum absolute atomic E-state index is 0.169. The van der Waals surface area contributed by atoms with Crippen LogP contribution in [0.15, 0.2) is 24.3 Å². The first-order valence-electron chi connectivity index (χ1n) is 8.21. The molecule has 0 spiro atoms. The molecule has 2 unspecified atom stereocenters. The highest BCUT2D eigenvalue weighted by Gasteiger charge is 2.19. The minimum atomic E-state index is 0.169. The van der Waals surface area contributed by atoms with E-state index in [0.717, 1.165) is 51.4 Å². The first-order chi connectivity index (χ1) is 10.8. The number of nitrogens with zero attached hydrogens (tertiary/aromatic N) is 1. The SMILES string of the molecule is NCC1CN(Cc2ccc(OCC3CCCO3)cc2)CCO1. The van der Waals surface area contributed by atoms with E-state index < -0.39 is 0 Å². The van der Waals surface area contributed by atoms with Crippen molar-refractivity contribution >= 4 is 0 Å². The maximum atomic E-state index is 5.79. The van der Waals surface area contributed by atoms with Crippen molar-refractivity contribution in [1.29, 1.82) is 0 Å². The summed E-state index contributed by atoms with van der Waals surface area (Å²) < 4.78 is 17.0. The van der Waals surface area contributed by atoms with E-state index in [0.29, 0.717) is 13.2 Å². The van der Waals surface area contributed by atoms with Crippen LogP contribution in [0.25, 0.3) is 0 Å². The lowest BCUT2D eigenvalue weighted by atomic mass is 10.2. The molecule has 2 heterocycles. The molecule has 2 saturated heterocycles. The van der Waals surface area contributed by atoms with Gasteiger partial charge in [-0.1, -0.05) is 12.1 Å².